The van der Waals surface area contributed by atoms with Crippen LogP contribution < -0.4 is 10.0 Å². The summed E-state index contributed by atoms with van der Waals surface area (Å²) < 4.78 is 27.8. The molecule has 9 nitrogen and oxygen atoms in total. The van der Waals surface area contributed by atoms with Crippen LogP contribution in [-0.4, -0.2) is 42.8 Å². The lowest BCUT2D eigenvalue weighted by Crippen LogP contribution is -2.31. The molecule has 0 bridgehead atoms. The van der Waals surface area contributed by atoms with Crippen LogP contribution in [0.4, 0.5) is 0 Å². The first-order chi connectivity index (χ1) is 18.7. The van der Waals surface area contributed by atoms with Crippen molar-refractivity contribution >= 4 is 27.8 Å². The molecule has 3 rings (SSSR count). The first-order valence-electron chi connectivity index (χ1n) is 12.9. The average molecular weight is 552 g/mol. The Balaban J connectivity index is 1.65. The normalized spacial score (nSPS) is 11.1. The average Bonchev–Trinajstić information content (AvgIpc) is 2.93. The van der Waals surface area contributed by atoms with Gasteiger partial charge in [0.05, 0.1) is 10.5 Å². The van der Waals surface area contributed by atoms with Gasteiger partial charge in [-0.05, 0) is 60.7 Å². The molecule has 0 atom stereocenters. The van der Waals surface area contributed by atoms with E-state index in [2.05, 4.69) is 17.2 Å². The van der Waals surface area contributed by atoms with Gasteiger partial charge >= 0.3 is 5.97 Å². The Morgan fingerprint density at radius 3 is 2.23 bits per heavy atom. The first kappa shape index (κ1) is 29.5. The molecule has 0 unspecified atom stereocenters. The zero-order valence-corrected chi connectivity index (χ0v) is 22.7. The van der Waals surface area contributed by atoms with Crippen LogP contribution in [-0.2, 0) is 22.9 Å². The number of nitrogens with one attached hydrogen (secondary N) is 2. The van der Waals surface area contributed by atoms with E-state index in [-0.39, 0.29) is 27.6 Å². The Labute approximate surface area is 228 Å². The molecule has 3 aromatic rings. The molecule has 1 aromatic heterocycles. The monoisotopic (exact) mass is 551 g/mol. The predicted octanol–water partition coefficient (Wildman–Crippen LogP) is 4.38. The Bertz CT molecular complexity index is 1390. The number of benzene rings is 2. The summed E-state index contributed by atoms with van der Waals surface area (Å²) >= 11 is 0. The summed E-state index contributed by atoms with van der Waals surface area (Å²) in [4.78, 5) is 40.4. The summed E-state index contributed by atoms with van der Waals surface area (Å²) in [5.74, 6) is -2.47. The van der Waals surface area contributed by atoms with Crippen molar-refractivity contribution in [3.05, 3.63) is 94.8 Å². The summed E-state index contributed by atoms with van der Waals surface area (Å²) in [5.41, 5.74) is 1.59. The first-order valence-corrected chi connectivity index (χ1v) is 14.4. The molecule has 0 spiro atoms. The van der Waals surface area contributed by atoms with Crippen LogP contribution in [0.2, 0.25) is 0 Å². The van der Waals surface area contributed by atoms with E-state index < -0.39 is 21.9 Å². The number of nitrogens with zero attached hydrogens (tertiary/aromatic N) is 1. The van der Waals surface area contributed by atoms with Gasteiger partial charge < -0.3 is 10.4 Å². The number of carboxylic acids is 1. The van der Waals surface area contributed by atoms with E-state index in [0.29, 0.717) is 24.9 Å². The Morgan fingerprint density at radius 1 is 0.872 bits per heavy atom. The molecule has 10 heteroatoms. The topological polar surface area (TPSA) is 143 Å². The van der Waals surface area contributed by atoms with Crippen LogP contribution in [0.3, 0.4) is 0 Å². The molecule has 0 aliphatic heterocycles. The minimum Gasteiger partial charge on any atom is -0.477 e. The van der Waals surface area contributed by atoms with Gasteiger partial charge in [0.1, 0.15) is 5.69 Å². The van der Waals surface area contributed by atoms with Crippen LogP contribution in [0.5, 0.6) is 0 Å². The van der Waals surface area contributed by atoms with E-state index in [4.69, 9.17) is 0 Å². The second kappa shape index (κ2) is 14.2. The van der Waals surface area contributed by atoms with Gasteiger partial charge in [0.15, 0.2) is 0 Å². The lowest BCUT2D eigenvalue weighted by molar-refractivity contribution is 0.0689. The Morgan fingerprint density at radius 2 is 1.56 bits per heavy atom. The lowest BCUT2D eigenvalue weighted by Gasteiger charge is -2.12. The summed E-state index contributed by atoms with van der Waals surface area (Å²) in [6.07, 6.45) is 6.98. The largest absolute Gasteiger partial charge is 0.477 e. The van der Waals surface area contributed by atoms with Crippen LogP contribution in [0.15, 0.2) is 71.8 Å². The third-order valence-electron chi connectivity index (χ3n) is 6.20. The molecule has 0 aliphatic carbocycles. The third-order valence-corrected chi connectivity index (χ3v) is 7.55. The molecule has 0 aliphatic rings. The van der Waals surface area contributed by atoms with Crippen molar-refractivity contribution in [2.24, 2.45) is 0 Å². The van der Waals surface area contributed by atoms with Gasteiger partial charge in [-0.2, -0.15) is 0 Å². The number of carbonyl (C=O) groups excluding carboxylic acids is 2. The Hall–Kier alpha value is -4.05. The van der Waals surface area contributed by atoms with Gasteiger partial charge in [0.2, 0.25) is 0 Å². The maximum Gasteiger partial charge on any atom is 0.354 e. The highest BCUT2D eigenvalue weighted by molar-refractivity contribution is 7.90. The smallest absolute Gasteiger partial charge is 0.354 e. The number of hydrogen-bond acceptors (Lipinski definition) is 6. The van der Waals surface area contributed by atoms with Crippen LogP contribution in [0, 0.1) is 0 Å². The van der Waals surface area contributed by atoms with E-state index in [1.54, 1.807) is 0 Å². The van der Waals surface area contributed by atoms with Crippen LogP contribution in [0.1, 0.15) is 81.4 Å². The number of amides is 2. The number of sulfonamides is 1. The van der Waals surface area contributed by atoms with Crippen molar-refractivity contribution in [2.75, 3.05) is 6.54 Å². The zero-order valence-electron chi connectivity index (χ0n) is 21.9. The minimum absolute atomic E-state index is 0.00785. The fraction of sp³-hybridized carbons (Fsp3) is 0.310. The number of hydrogen-bond donors (Lipinski definition) is 3. The molecule has 2 aromatic carbocycles. The van der Waals surface area contributed by atoms with Gasteiger partial charge in [-0.1, -0.05) is 62.9 Å². The van der Waals surface area contributed by atoms with Gasteiger partial charge in [0.25, 0.3) is 21.8 Å². The number of carbonyl (C=O) groups is 3. The van der Waals surface area contributed by atoms with Crippen molar-refractivity contribution < 1.29 is 27.9 Å². The lowest BCUT2D eigenvalue weighted by atomic mass is 10.0. The highest BCUT2D eigenvalue weighted by Crippen LogP contribution is 2.17. The van der Waals surface area contributed by atoms with Crippen molar-refractivity contribution in [3.8, 4) is 0 Å². The standard InChI is InChI=1S/C29H33N3O6S/c1-2-3-4-5-9-12-23-19-26(29(35)36)31-20-25(23)28(34)32-39(37,38)24-15-13-22(14-16-24)27(33)30-18-17-21-10-7-6-8-11-21/h6-8,10-11,13-16,19-20H,2-5,9,12,17-18H2,1H3,(H,30,33)(H,32,34)(H,35,36). The van der Waals surface area contributed by atoms with E-state index in [1.165, 1.54) is 30.3 Å². The molecule has 3 N–H and O–H groups in total. The maximum absolute atomic E-state index is 12.9. The highest BCUT2D eigenvalue weighted by atomic mass is 32.2. The van der Waals surface area contributed by atoms with Crippen LogP contribution in [0.25, 0.3) is 0 Å². The molecule has 39 heavy (non-hydrogen) atoms. The SMILES string of the molecule is CCCCCCCc1cc(C(=O)O)ncc1C(=O)NS(=O)(=O)c1ccc(C(=O)NCCc2ccccc2)cc1. The molecule has 1 heterocycles. The molecule has 2 amide bonds. The number of unbranched alkanes of at least 4 members (excludes halogenated alkanes) is 4. The van der Waals surface area contributed by atoms with Gasteiger partial charge in [0, 0.05) is 18.3 Å². The van der Waals surface area contributed by atoms with Gasteiger partial charge in [-0.3, -0.25) is 9.59 Å². The summed E-state index contributed by atoms with van der Waals surface area (Å²) in [5, 5.41) is 12.1. The quantitative estimate of drug-likeness (QED) is 0.252. The van der Waals surface area contributed by atoms with Crippen molar-refractivity contribution in [3.63, 3.8) is 0 Å². The molecular formula is C29H33N3O6S. The highest BCUT2D eigenvalue weighted by Gasteiger charge is 2.22. The second-order valence-electron chi connectivity index (χ2n) is 9.15. The number of aromatic carboxylic acids is 1. The summed E-state index contributed by atoms with van der Waals surface area (Å²) in [6, 6.07) is 16.3. The van der Waals surface area contributed by atoms with E-state index >= 15 is 0 Å². The number of aromatic nitrogens is 1. The number of carboxylic acid groups (broad SMARTS) is 1. The molecule has 206 valence electrons. The molecule has 0 saturated heterocycles. The minimum atomic E-state index is -4.25. The van der Waals surface area contributed by atoms with Crippen LogP contribution >= 0.6 is 0 Å². The zero-order chi connectivity index (χ0) is 28.3. The number of pyridine rings is 1. The Kier molecular flexibility index (Phi) is 10.7. The molecular weight excluding hydrogens is 518 g/mol. The summed E-state index contributed by atoms with van der Waals surface area (Å²) in [6.45, 7) is 2.52. The van der Waals surface area contributed by atoms with Gasteiger partial charge in [-0.25, -0.2) is 22.9 Å². The fourth-order valence-corrected chi connectivity index (χ4v) is 5.00. The van der Waals surface area contributed by atoms with Gasteiger partial charge in [-0.15, -0.1) is 0 Å². The maximum atomic E-state index is 12.9. The van der Waals surface area contributed by atoms with E-state index in [9.17, 15) is 27.9 Å². The molecule has 0 fully saturated rings. The third kappa shape index (κ3) is 8.75. The second-order valence-corrected chi connectivity index (χ2v) is 10.8. The number of aryl methyl sites for hydroxylation is 1. The molecule has 0 saturated carbocycles. The van der Waals surface area contributed by atoms with Crippen molar-refractivity contribution in [2.45, 2.75) is 56.8 Å². The predicted molar refractivity (Wildman–Crippen MR) is 147 cm³/mol. The summed E-state index contributed by atoms with van der Waals surface area (Å²) in [7, 11) is -4.25. The van der Waals surface area contributed by atoms with E-state index in [0.717, 1.165) is 43.9 Å². The van der Waals surface area contributed by atoms with Crippen molar-refractivity contribution in [1.82, 2.24) is 15.0 Å². The molecule has 0 radical (unpaired) electrons. The number of rotatable bonds is 14. The van der Waals surface area contributed by atoms with Crippen molar-refractivity contribution in [1.29, 1.82) is 0 Å². The fourth-order valence-electron chi connectivity index (χ4n) is 4.03. The van der Waals surface area contributed by atoms with E-state index in [1.807, 2.05) is 35.1 Å².